The van der Waals surface area contributed by atoms with Crippen molar-refractivity contribution in [2.45, 2.75) is 53.8 Å². The number of aryl methyl sites for hydroxylation is 1. The number of hydrogen-bond acceptors (Lipinski definition) is 1. The Morgan fingerprint density at radius 2 is 1.70 bits per heavy atom. The number of allylic oxidation sites excluding steroid dienone is 4. The molecule has 1 aliphatic carbocycles. The Balaban J connectivity index is 0.000000392. The van der Waals surface area contributed by atoms with Crippen molar-refractivity contribution in [2.75, 3.05) is 0 Å². The normalized spacial score (nSPS) is 13.5. The van der Waals surface area contributed by atoms with Crippen LogP contribution in [0, 0.1) is 18.4 Å². The van der Waals surface area contributed by atoms with Gasteiger partial charge in [0.2, 0.25) is 0 Å². The predicted molar refractivity (Wildman–Crippen MR) is 103 cm³/mol. The molecule has 0 unspecified atom stereocenters. The van der Waals surface area contributed by atoms with Crippen LogP contribution in [0.25, 0.3) is 0 Å². The molecule has 23 heavy (non-hydrogen) atoms. The monoisotopic (exact) mass is 363 g/mol. The zero-order valence-corrected chi connectivity index (χ0v) is 18.3. The molecule has 0 atom stereocenters. The Labute approximate surface area is 155 Å². The Bertz CT molecular complexity index is 540. The van der Waals surface area contributed by atoms with Crippen molar-refractivity contribution in [3.8, 4) is 5.75 Å². The standard InChI is InChI=1S/C10H16OSi.C9H13.CH2.Ti/c1-8-5-9(11)7-10(6-8)12(2,3)4;1-9(2,3)8-6-4-5-7-8;;/h5-7,11H,1-4H3;4,6H,5H2,1-3H3;1H2;/q;-1;;+1. The SMILES string of the molecule is CC(C)(C)C1=[C-]CC=C1.Cc1cc(O)cc([Si](C)(C)C)c1.[CH2]=[Ti+]. The molecule has 0 aliphatic heterocycles. The van der Waals surface area contributed by atoms with Crippen LogP contribution in [0.4, 0.5) is 0 Å². The first-order valence-corrected chi connectivity index (χ1v) is 12.5. The second-order valence-corrected chi connectivity index (χ2v) is 12.8. The fourth-order valence-electron chi connectivity index (χ4n) is 2.12. The molecule has 125 valence electrons. The Morgan fingerprint density at radius 3 is 2.00 bits per heavy atom. The first kappa shape index (κ1) is 22.3. The van der Waals surface area contributed by atoms with E-state index in [0.29, 0.717) is 11.2 Å². The molecule has 1 aromatic rings. The van der Waals surface area contributed by atoms with Gasteiger partial charge in [0.25, 0.3) is 0 Å². The van der Waals surface area contributed by atoms with Crippen LogP contribution in [-0.2, 0) is 20.0 Å². The van der Waals surface area contributed by atoms with Crippen LogP contribution >= 0.6 is 0 Å². The van der Waals surface area contributed by atoms with E-state index in [4.69, 9.17) is 0 Å². The fourth-order valence-corrected chi connectivity index (χ4v) is 3.36. The first-order chi connectivity index (χ1) is 10.5. The van der Waals surface area contributed by atoms with Crippen molar-refractivity contribution in [1.29, 1.82) is 0 Å². The van der Waals surface area contributed by atoms with E-state index in [1.807, 2.05) is 13.0 Å². The van der Waals surface area contributed by atoms with Gasteiger partial charge < -0.3 is 5.11 Å². The van der Waals surface area contributed by atoms with Crippen LogP contribution in [0.15, 0.2) is 35.9 Å². The first-order valence-electron chi connectivity index (χ1n) is 7.94. The number of aromatic hydroxyl groups is 1. The molecule has 1 aromatic carbocycles. The number of phenolic OH excluding ortho intramolecular Hbond substituents is 1. The average molecular weight is 363 g/mol. The Morgan fingerprint density at radius 1 is 1.13 bits per heavy atom. The molecule has 0 heterocycles. The van der Waals surface area contributed by atoms with Gasteiger partial charge in [-0.25, -0.2) is 11.6 Å². The fraction of sp³-hybridized carbons (Fsp3) is 0.450. The third kappa shape index (κ3) is 8.64. The van der Waals surface area contributed by atoms with Crippen LogP contribution in [0.3, 0.4) is 0 Å². The van der Waals surface area contributed by atoms with Crippen LogP contribution in [0.5, 0.6) is 5.75 Å². The number of phenols is 1. The van der Waals surface area contributed by atoms with Gasteiger partial charge in [-0.15, -0.1) is 6.42 Å². The van der Waals surface area contributed by atoms with E-state index >= 15 is 0 Å². The molecule has 0 aromatic heterocycles. The quantitative estimate of drug-likeness (QED) is 0.554. The van der Waals surface area contributed by atoms with E-state index in [1.54, 1.807) is 26.0 Å². The van der Waals surface area contributed by atoms with Crippen LogP contribution in [-0.4, -0.2) is 18.0 Å². The van der Waals surface area contributed by atoms with E-state index in [-0.39, 0.29) is 0 Å². The average Bonchev–Trinajstić information content (AvgIpc) is 2.93. The Hall–Kier alpha value is -0.699. The third-order valence-corrected chi connectivity index (χ3v) is 5.45. The molecule has 1 aliphatic rings. The summed E-state index contributed by atoms with van der Waals surface area (Å²) in [5.41, 5.74) is 2.79. The summed E-state index contributed by atoms with van der Waals surface area (Å²) in [4.78, 5) is 3.25. The van der Waals surface area contributed by atoms with Gasteiger partial charge in [0, 0.05) is 0 Å². The van der Waals surface area contributed by atoms with Crippen molar-refractivity contribution >= 4 is 18.1 Å². The van der Waals surface area contributed by atoms with E-state index in [2.05, 4.69) is 69.5 Å². The molecular weight excluding hydrogens is 332 g/mol. The van der Waals surface area contributed by atoms with Gasteiger partial charge >= 0.3 is 24.8 Å². The summed E-state index contributed by atoms with van der Waals surface area (Å²) in [6.07, 6.45) is 8.63. The van der Waals surface area contributed by atoms with Crippen molar-refractivity contribution in [1.82, 2.24) is 0 Å². The van der Waals surface area contributed by atoms with Crippen molar-refractivity contribution in [3.05, 3.63) is 47.6 Å². The van der Waals surface area contributed by atoms with Gasteiger partial charge in [-0.1, -0.05) is 51.7 Å². The molecule has 0 saturated heterocycles. The van der Waals surface area contributed by atoms with Gasteiger partial charge in [0.15, 0.2) is 0 Å². The second kappa shape index (κ2) is 9.56. The molecule has 2 rings (SSSR count). The van der Waals surface area contributed by atoms with Crippen LogP contribution in [0.1, 0.15) is 32.8 Å². The molecule has 0 bridgehead atoms. The number of rotatable bonds is 1. The molecule has 0 fully saturated rings. The van der Waals surface area contributed by atoms with Crippen molar-refractivity contribution in [3.63, 3.8) is 0 Å². The second-order valence-electron chi connectivity index (χ2n) is 7.75. The van der Waals surface area contributed by atoms with E-state index in [0.717, 1.165) is 12.0 Å². The minimum atomic E-state index is -1.26. The topological polar surface area (TPSA) is 20.2 Å². The van der Waals surface area contributed by atoms with Crippen LogP contribution in [0.2, 0.25) is 19.6 Å². The van der Waals surface area contributed by atoms with Crippen molar-refractivity contribution in [2.24, 2.45) is 5.41 Å². The predicted octanol–water partition coefficient (Wildman–Crippen LogP) is 4.93. The van der Waals surface area contributed by atoms with Gasteiger partial charge in [-0.3, -0.25) is 6.08 Å². The molecule has 1 nitrogen and oxygen atoms in total. The summed E-state index contributed by atoms with van der Waals surface area (Å²) < 4.78 is 0. The maximum atomic E-state index is 9.38. The zero-order valence-electron chi connectivity index (χ0n) is 15.7. The minimum absolute atomic E-state index is 0.299. The summed E-state index contributed by atoms with van der Waals surface area (Å²) >= 11 is 1.75. The molecule has 0 spiro atoms. The summed E-state index contributed by atoms with van der Waals surface area (Å²) in [7, 11) is -1.26. The van der Waals surface area contributed by atoms with Crippen molar-refractivity contribution < 1.29 is 25.1 Å². The molecule has 3 heteroatoms. The summed E-state index contributed by atoms with van der Waals surface area (Å²) in [6.45, 7) is 15.5. The van der Waals surface area contributed by atoms with Gasteiger partial charge in [0.05, 0.1) is 8.07 Å². The molecular formula is C20H31OSiTi. The summed E-state index contributed by atoms with van der Waals surface area (Å²) in [5, 5.41) is 10.7. The summed E-state index contributed by atoms with van der Waals surface area (Å²) in [6, 6.07) is 5.86. The molecule has 0 saturated carbocycles. The van der Waals surface area contributed by atoms with E-state index < -0.39 is 8.07 Å². The molecule has 0 amide bonds. The third-order valence-electron chi connectivity index (χ3n) is 3.43. The summed E-state index contributed by atoms with van der Waals surface area (Å²) in [5.74, 6) is 0.396. The van der Waals surface area contributed by atoms with E-state index in [1.165, 1.54) is 10.8 Å². The Kier molecular flexibility index (Phi) is 9.27. The van der Waals surface area contributed by atoms with Gasteiger partial charge in [-0.2, -0.15) is 6.08 Å². The van der Waals surface area contributed by atoms with Crippen LogP contribution < -0.4 is 5.19 Å². The zero-order chi connectivity index (χ0) is 18.3. The van der Waals surface area contributed by atoms with Gasteiger partial charge in [-0.05, 0) is 30.0 Å². The number of hydrogen-bond donors (Lipinski definition) is 1. The van der Waals surface area contributed by atoms with E-state index in [9.17, 15) is 5.11 Å². The molecule has 1 N–H and O–H groups in total. The molecule has 0 radical (unpaired) electrons. The number of benzene rings is 1. The van der Waals surface area contributed by atoms with Gasteiger partial charge in [0.1, 0.15) is 5.75 Å². The maximum absolute atomic E-state index is 9.38.